The fraction of sp³-hybridized carbons (Fsp3) is 0.100. The number of benzene rings is 1. The average Bonchev–Trinajstić information content (AvgIpc) is 2.45. The summed E-state index contributed by atoms with van der Waals surface area (Å²) in [5.41, 5.74) is 0.564. The Kier molecular flexibility index (Phi) is 2.56. The molecule has 0 saturated carbocycles. The van der Waals surface area contributed by atoms with E-state index in [1.54, 1.807) is 13.1 Å². The predicted octanol–water partition coefficient (Wildman–Crippen LogP) is 3.22. The molecule has 2 nitrogen and oxygen atoms in total. The van der Waals surface area contributed by atoms with Crippen molar-refractivity contribution in [3.63, 3.8) is 0 Å². The third kappa shape index (κ3) is 1.79. The van der Waals surface area contributed by atoms with Crippen molar-refractivity contribution >= 4 is 15.9 Å². The van der Waals surface area contributed by atoms with Crippen LogP contribution in [-0.4, -0.2) is 9.55 Å². The second-order valence-corrected chi connectivity index (χ2v) is 3.80. The Balaban J connectivity index is 2.68. The van der Waals surface area contributed by atoms with Gasteiger partial charge in [0.1, 0.15) is 17.3 Å². The Morgan fingerprint density at radius 3 is 2.33 bits per heavy atom. The molecule has 0 spiro atoms. The van der Waals surface area contributed by atoms with Crippen LogP contribution in [0.5, 0.6) is 0 Å². The highest BCUT2D eigenvalue weighted by atomic mass is 79.9. The summed E-state index contributed by atoms with van der Waals surface area (Å²) in [6.07, 6.45) is 1.56. The van der Waals surface area contributed by atoms with E-state index in [0.29, 0.717) is 10.4 Å². The first kappa shape index (κ1) is 10.3. The van der Waals surface area contributed by atoms with Crippen LogP contribution in [0.15, 0.2) is 29.1 Å². The van der Waals surface area contributed by atoms with Gasteiger partial charge in [0.05, 0.1) is 5.69 Å². The van der Waals surface area contributed by atoms with Crippen molar-refractivity contribution in [3.8, 4) is 5.69 Å². The molecule has 78 valence electrons. The molecule has 15 heavy (non-hydrogen) atoms. The molecule has 2 aromatic rings. The van der Waals surface area contributed by atoms with Crippen LogP contribution in [-0.2, 0) is 0 Å². The Labute approximate surface area is 93.7 Å². The van der Waals surface area contributed by atoms with Crippen LogP contribution in [0.4, 0.5) is 8.78 Å². The van der Waals surface area contributed by atoms with E-state index in [0.717, 1.165) is 0 Å². The molecule has 0 aliphatic carbocycles. The lowest BCUT2D eigenvalue weighted by Gasteiger charge is -2.06. The maximum atomic E-state index is 13.4. The molecule has 1 heterocycles. The summed E-state index contributed by atoms with van der Waals surface area (Å²) in [6.45, 7) is 1.75. The van der Waals surface area contributed by atoms with E-state index in [9.17, 15) is 8.78 Å². The van der Waals surface area contributed by atoms with Crippen molar-refractivity contribution in [3.05, 3.63) is 46.5 Å². The van der Waals surface area contributed by atoms with Gasteiger partial charge < -0.3 is 0 Å². The molecule has 0 N–H and O–H groups in total. The predicted molar refractivity (Wildman–Crippen MR) is 55.9 cm³/mol. The van der Waals surface area contributed by atoms with Crippen molar-refractivity contribution in [1.29, 1.82) is 0 Å². The van der Waals surface area contributed by atoms with E-state index in [1.807, 2.05) is 0 Å². The summed E-state index contributed by atoms with van der Waals surface area (Å²) in [4.78, 5) is 4.02. The van der Waals surface area contributed by atoms with Crippen LogP contribution in [0.2, 0.25) is 0 Å². The molecule has 0 aliphatic heterocycles. The molecule has 1 aromatic heterocycles. The van der Waals surface area contributed by atoms with Gasteiger partial charge in [-0.15, -0.1) is 0 Å². The van der Waals surface area contributed by atoms with E-state index in [2.05, 4.69) is 20.9 Å². The van der Waals surface area contributed by atoms with Crippen LogP contribution in [0.3, 0.4) is 0 Å². The third-order valence-electron chi connectivity index (χ3n) is 1.96. The Hall–Kier alpha value is -1.23. The first-order valence-corrected chi connectivity index (χ1v) is 5.05. The summed E-state index contributed by atoms with van der Waals surface area (Å²) in [5.74, 6) is -1.23. The van der Waals surface area contributed by atoms with Gasteiger partial charge in [0.25, 0.3) is 0 Å². The summed E-state index contributed by atoms with van der Waals surface area (Å²) in [7, 11) is 0. The molecule has 0 saturated heterocycles. The van der Waals surface area contributed by atoms with Crippen LogP contribution < -0.4 is 0 Å². The van der Waals surface area contributed by atoms with Gasteiger partial charge in [-0.25, -0.2) is 13.8 Å². The molecule has 0 aliphatic rings. The first-order valence-electron chi connectivity index (χ1n) is 4.25. The maximum Gasteiger partial charge on any atom is 0.182 e. The number of aromatic nitrogens is 2. The Morgan fingerprint density at radius 1 is 1.27 bits per heavy atom. The number of hydrogen-bond donors (Lipinski definition) is 0. The highest BCUT2D eigenvalue weighted by Gasteiger charge is 2.13. The Bertz CT molecular complexity index is 488. The minimum Gasteiger partial charge on any atom is -0.289 e. The molecular weight excluding hydrogens is 266 g/mol. The number of hydrogen-bond acceptors (Lipinski definition) is 1. The number of aryl methyl sites for hydroxylation is 1. The number of rotatable bonds is 1. The molecule has 1 aromatic carbocycles. The van der Waals surface area contributed by atoms with Gasteiger partial charge in [0, 0.05) is 6.20 Å². The average molecular weight is 273 g/mol. The van der Waals surface area contributed by atoms with Crippen molar-refractivity contribution in [2.24, 2.45) is 0 Å². The molecule has 0 bridgehead atoms. The fourth-order valence-electron chi connectivity index (χ4n) is 1.34. The van der Waals surface area contributed by atoms with E-state index < -0.39 is 11.6 Å². The zero-order valence-corrected chi connectivity index (χ0v) is 9.42. The lowest BCUT2D eigenvalue weighted by molar-refractivity contribution is 0.567. The van der Waals surface area contributed by atoms with Gasteiger partial charge in [-0.1, -0.05) is 6.07 Å². The maximum absolute atomic E-state index is 13.4. The molecule has 0 amide bonds. The SMILES string of the molecule is Cc1cn(-c2c(F)cccc2F)c(Br)n1. The van der Waals surface area contributed by atoms with Crippen molar-refractivity contribution in [2.75, 3.05) is 0 Å². The molecule has 0 atom stereocenters. The monoisotopic (exact) mass is 272 g/mol. The quantitative estimate of drug-likeness (QED) is 0.780. The summed E-state index contributed by atoms with van der Waals surface area (Å²) >= 11 is 3.14. The highest BCUT2D eigenvalue weighted by molar-refractivity contribution is 9.10. The van der Waals surface area contributed by atoms with Gasteiger partial charge in [-0.2, -0.15) is 0 Å². The molecular formula is C10H7BrF2N2. The summed E-state index contributed by atoms with van der Waals surface area (Å²) < 4.78 is 28.5. The van der Waals surface area contributed by atoms with Gasteiger partial charge >= 0.3 is 0 Å². The molecule has 0 fully saturated rings. The topological polar surface area (TPSA) is 17.8 Å². The smallest absolute Gasteiger partial charge is 0.182 e. The van der Waals surface area contributed by atoms with Crippen molar-refractivity contribution in [2.45, 2.75) is 6.92 Å². The minimum absolute atomic E-state index is 0.120. The fourth-order valence-corrected chi connectivity index (χ4v) is 1.90. The van der Waals surface area contributed by atoms with Crippen LogP contribution >= 0.6 is 15.9 Å². The number of para-hydroxylation sites is 1. The normalized spacial score (nSPS) is 10.7. The zero-order valence-electron chi connectivity index (χ0n) is 7.84. The molecule has 2 rings (SSSR count). The third-order valence-corrected chi connectivity index (χ3v) is 2.52. The van der Waals surface area contributed by atoms with Gasteiger partial charge in [0.15, 0.2) is 4.73 Å². The van der Waals surface area contributed by atoms with E-state index in [4.69, 9.17) is 0 Å². The number of nitrogens with zero attached hydrogens (tertiary/aromatic N) is 2. The second kappa shape index (κ2) is 3.73. The lowest BCUT2D eigenvalue weighted by Crippen LogP contribution is -2.00. The van der Waals surface area contributed by atoms with Crippen molar-refractivity contribution in [1.82, 2.24) is 9.55 Å². The van der Waals surface area contributed by atoms with Gasteiger partial charge in [-0.3, -0.25) is 4.57 Å². The first-order chi connectivity index (χ1) is 7.09. The standard InChI is InChI=1S/C10H7BrF2N2/c1-6-5-15(10(11)14-6)9-7(12)3-2-4-8(9)13/h2-5H,1H3. The minimum atomic E-state index is -0.617. The highest BCUT2D eigenvalue weighted by Crippen LogP contribution is 2.22. The van der Waals surface area contributed by atoms with Crippen LogP contribution in [0.25, 0.3) is 5.69 Å². The molecule has 0 unspecified atom stereocenters. The summed E-state index contributed by atoms with van der Waals surface area (Å²) in [6, 6.07) is 3.74. The van der Waals surface area contributed by atoms with E-state index in [1.165, 1.54) is 22.8 Å². The lowest BCUT2D eigenvalue weighted by atomic mass is 10.3. The number of imidazole rings is 1. The van der Waals surface area contributed by atoms with Gasteiger partial charge in [0.2, 0.25) is 0 Å². The van der Waals surface area contributed by atoms with Crippen LogP contribution in [0.1, 0.15) is 5.69 Å². The van der Waals surface area contributed by atoms with E-state index >= 15 is 0 Å². The van der Waals surface area contributed by atoms with Crippen molar-refractivity contribution < 1.29 is 8.78 Å². The molecule has 5 heteroatoms. The van der Waals surface area contributed by atoms with E-state index in [-0.39, 0.29) is 5.69 Å². The van der Waals surface area contributed by atoms with Crippen LogP contribution in [0, 0.1) is 18.6 Å². The zero-order chi connectivity index (χ0) is 11.0. The number of halogens is 3. The Morgan fingerprint density at radius 2 is 1.87 bits per heavy atom. The summed E-state index contributed by atoms with van der Waals surface area (Å²) in [5, 5.41) is 0. The van der Waals surface area contributed by atoms with Gasteiger partial charge in [-0.05, 0) is 35.0 Å². The second-order valence-electron chi connectivity index (χ2n) is 3.09. The largest absolute Gasteiger partial charge is 0.289 e. The molecule has 0 radical (unpaired) electrons.